The first-order valence-corrected chi connectivity index (χ1v) is 7.95. The fraction of sp³-hybridized carbons (Fsp3) is 0.200. The Hall–Kier alpha value is -1.10. The van der Waals surface area contributed by atoms with Crippen LogP contribution in [0.5, 0.6) is 11.5 Å². The second-order valence-electron chi connectivity index (χ2n) is 4.58. The average molecular weight is 389 g/mol. The maximum Gasteiger partial charge on any atom is 0.179 e. The van der Waals surface area contributed by atoms with E-state index < -0.39 is 0 Å². The largest absolute Gasteiger partial charge is 0.486 e. The summed E-state index contributed by atoms with van der Waals surface area (Å²) in [6, 6.07) is 9.54. The summed E-state index contributed by atoms with van der Waals surface area (Å²) in [6.45, 7) is 1.69. The summed E-state index contributed by atoms with van der Waals surface area (Å²) < 4.78 is 11.9. The minimum absolute atomic E-state index is 0.529. The first-order chi connectivity index (χ1) is 10.1. The fourth-order valence-corrected chi connectivity index (χ4v) is 2.79. The van der Waals surface area contributed by atoms with Crippen LogP contribution in [0, 0.1) is 0 Å². The predicted molar refractivity (Wildman–Crippen MR) is 88.9 cm³/mol. The summed E-state index contributed by atoms with van der Waals surface area (Å²) >= 11 is 15.7. The molecule has 1 aliphatic heterocycles. The van der Waals surface area contributed by atoms with Crippen molar-refractivity contribution in [3.05, 3.63) is 50.4 Å². The van der Waals surface area contributed by atoms with E-state index in [0.29, 0.717) is 41.3 Å². The number of fused-ring (bicyclic) bond motifs is 1. The highest BCUT2D eigenvalue weighted by Crippen LogP contribution is 2.38. The zero-order valence-electron chi connectivity index (χ0n) is 11.0. The van der Waals surface area contributed by atoms with Crippen LogP contribution in [0.4, 0.5) is 5.69 Å². The molecular formula is C15H12BrCl2NO2. The van der Waals surface area contributed by atoms with Gasteiger partial charge in [-0.05, 0) is 51.8 Å². The summed E-state index contributed by atoms with van der Waals surface area (Å²) in [7, 11) is 0. The second kappa shape index (κ2) is 6.34. The highest BCUT2D eigenvalue weighted by Gasteiger charge is 2.16. The molecule has 0 saturated heterocycles. The molecule has 0 saturated carbocycles. The van der Waals surface area contributed by atoms with Gasteiger partial charge in [0.1, 0.15) is 13.2 Å². The summed E-state index contributed by atoms with van der Waals surface area (Å²) in [5.41, 5.74) is 1.96. The number of anilines is 1. The van der Waals surface area contributed by atoms with Crippen molar-refractivity contribution in [1.82, 2.24) is 0 Å². The van der Waals surface area contributed by atoms with E-state index in [4.69, 9.17) is 32.7 Å². The maximum absolute atomic E-state index is 6.22. The molecule has 6 heteroatoms. The van der Waals surface area contributed by atoms with Gasteiger partial charge in [0.2, 0.25) is 0 Å². The van der Waals surface area contributed by atoms with Crippen molar-refractivity contribution < 1.29 is 9.47 Å². The molecule has 1 N–H and O–H groups in total. The number of ether oxygens (including phenoxy) is 2. The second-order valence-corrected chi connectivity index (χ2v) is 6.25. The highest BCUT2D eigenvalue weighted by molar-refractivity contribution is 9.10. The molecule has 0 spiro atoms. The molecule has 0 atom stereocenters. The molecule has 0 radical (unpaired) electrons. The van der Waals surface area contributed by atoms with Gasteiger partial charge in [-0.1, -0.05) is 23.2 Å². The normalized spacial score (nSPS) is 13.1. The van der Waals surface area contributed by atoms with Crippen LogP contribution in [0.3, 0.4) is 0 Å². The molecule has 2 aromatic carbocycles. The number of rotatable bonds is 3. The van der Waals surface area contributed by atoms with Crippen LogP contribution in [0.15, 0.2) is 34.8 Å². The van der Waals surface area contributed by atoms with Crippen molar-refractivity contribution in [2.45, 2.75) is 6.54 Å². The van der Waals surface area contributed by atoms with Crippen LogP contribution in [0.1, 0.15) is 5.56 Å². The first-order valence-electron chi connectivity index (χ1n) is 6.40. The lowest BCUT2D eigenvalue weighted by atomic mass is 10.2. The Morgan fingerprint density at radius 2 is 1.86 bits per heavy atom. The van der Waals surface area contributed by atoms with Crippen LogP contribution in [0.2, 0.25) is 10.0 Å². The van der Waals surface area contributed by atoms with Gasteiger partial charge in [-0.25, -0.2) is 0 Å². The van der Waals surface area contributed by atoms with Gasteiger partial charge in [-0.3, -0.25) is 0 Å². The molecule has 0 aromatic heterocycles. The lowest BCUT2D eigenvalue weighted by Gasteiger charge is -2.20. The monoisotopic (exact) mass is 387 g/mol. The average Bonchev–Trinajstić information content (AvgIpc) is 2.49. The van der Waals surface area contributed by atoms with Gasteiger partial charge < -0.3 is 14.8 Å². The topological polar surface area (TPSA) is 30.5 Å². The highest BCUT2D eigenvalue weighted by atomic mass is 79.9. The number of hydrogen-bond donors (Lipinski definition) is 1. The summed E-state index contributed by atoms with van der Waals surface area (Å²) in [6.07, 6.45) is 0. The Balaban J connectivity index is 1.76. The van der Waals surface area contributed by atoms with Gasteiger partial charge in [0.25, 0.3) is 0 Å². The first kappa shape index (κ1) is 14.8. The minimum atomic E-state index is 0.529. The molecule has 0 amide bonds. The standard InChI is InChI=1S/C15H12BrCl2NO2/c16-11-2-1-10(7-12(11)17)19-8-9-5-13(18)15-14(6-9)20-3-4-21-15/h1-2,5-7,19H,3-4,8H2. The number of hydrogen-bond acceptors (Lipinski definition) is 3. The van der Waals surface area contributed by atoms with Gasteiger partial charge in [-0.15, -0.1) is 0 Å². The molecule has 3 rings (SSSR count). The quantitative estimate of drug-likeness (QED) is 0.789. The number of benzene rings is 2. The number of nitrogens with one attached hydrogen (secondary N) is 1. The van der Waals surface area contributed by atoms with E-state index in [1.807, 2.05) is 30.3 Å². The van der Waals surface area contributed by atoms with Gasteiger partial charge >= 0.3 is 0 Å². The third-order valence-corrected chi connectivity index (χ3v) is 4.59. The predicted octanol–water partition coefficient (Wildman–Crippen LogP) is 5.14. The zero-order valence-corrected chi connectivity index (χ0v) is 14.1. The summed E-state index contributed by atoms with van der Waals surface area (Å²) in [5, 5.41) is 4.54. The van der Waals surface area contributed by atoms with Crippen LogP contribution in [-0.2, 0) is 6.54 Å². The van der Waals surface area contributed by atoms with Crippen LogP contribution in [0.25, 0.3) is 0 Å². The van der Waals surface area contributed by atoms with Crippen molar-refractivity contribution >= 4 is 44.8 Å². The molecule has 1 heterocycles. The van der Waals surface area contributed by atoms with Gasteiger partial charge in [-0.2, -0.15) is 0 Å². The van der Waals surface area contributed by atoms with Crippen LogP contribution < -0.4 is 14.8 Å². The third-order valence-electron chi connectivity index (χ3n) is 3.07. The van der Waals surface area contributed by atoms with Crippen molar-refractivity contribution in [2.24, 2.45) is 0 Å². The Morgan fingerprint density at radius 1 is 1.05 bits per heavy atom. The molecule has 0 unspecified atom stereocenters. The van der Waals surface area contributed by atoms with Crippen molar-refractivity contribution in [3.63, 3.8) is 0 Å². The van der Waals surface area contributed by atoms with Crippen LogP contribution >= 0.6 is 39.1 Å². The Labute approximate surface area is 141 Å². The molecular weight excluding hydrogens is 377 g/mol. The van der Waals surface area contributed by atoms with E-state index in [0.717, 1.165) is 15.7 Å². The van der Waals surface area contributed by atoms with E-state index in [1.165, 1.54) is 0 Å². The van der Waals surface area contributed by atoms with Crippen molar-refractivity contribution in [2.75, 3.05) is 18.5 Å². The van der Waals surface area contributed by atoms with Crippen molar-refractivity contribution in [3.8, 4) is 11.5 Å². The third kappa shape index (κ3) is 3.39. The molecule has 2 aromatic rings. The van der Waals surface area contributed by atoms with E-state index >= 15 is 0 Å². The lowest BCUT2D eigenvalue weighted by Crippen LogP contribution is -2.16. The van der Waals surface area contributed by atoms with E-state index in [-0.39, 0.29) is 0 Å². The molecule has 0 bridgehead atoms. The Morgan fingerprint density at radius 3 is 2.67 bits per heavy atom. The molecule has 110 valence electrons. The van der Waals surface area contributed by atoms with E-state index in [9.17, 15) is 0 Å². The molecule has 3 nitrogen and oxygen atoms in total. The maximum atomic E-state index is 6.22. The molecule has 0 fully saturated rings. The Bertz CT molecular complexity index is 679. The van der Waals surface area contributed by atoms with E-state index in [2.05, 4.69) is 21.2 Å². The fourth-order valence-electron chi connectivity index (χ4n) is 2.08. The number of halogens is 3. The molecule has 0 aliphatic carbocycles. The van der Waals surface area contributed by atoms with Gasteiger partial charge in [0.05, 0.1) is 10.0 Å². The van der Waals surface area contributed by atoms with Crippen LogP contribution in [-0.4, -0.2) is 13.2 Å². The Kier molecular flexibility index (Phi) is 4.48. The zero-order chi connectivity index (χ0) is 14.8. The SMILES string of the molecule is Clc1cc(NCc2cc(Cl)c3c(c2)OCCO3)ccc1Br. The molecule has 21 heavy (non-hydrogen) atoms. The molecule has 1 aliphatic rings. The minimum Gasteiger partial charge on any atom is -0.486 e. The van der Waals surface area contributed by atoms with Crippen molar-refractivity contribution in [1.29, 1.82) is 0 Å². The summed E-state index contributed by atoms with van der Waals surface area (Å²) in [4.78, 5) is 0. The smallest absolute Gasteiger partial charge is 0.179 e. The lowest BCUT2D eigenvalue weighted by molar-refractivity contribution is 0.171. The summed E-state index contributed by atoms with van der Waals surface area (Å²) in [5.74, 6) is 1.32. The van der Waals surface area contributed by atoms with Gasteiger partial charge in [0, 0.05) is 16.7 Å². The van der Waals surface area contributed by atoms with Gasteiger partial charge in [0.15, 0.2) is 11.5 Å². The van der Waals surface area contributed by atoms with E-state index in [1.54, 1.807) is 0 Å².